The first kappa shape index (κ1) is 46.3. The van der Waals surface area contributed by atoms with Gasteiger partial charge in [-0.15, -0.1) is 0 Å². The molecule has 2 atom stereocenters. The third-order valence-electron chi connectivity index (χ3n) is 7.92. The molecule has 280 valence electrons. The van der Waals surface area contributed by atoms with Crippen molar-refractivity contribution in [2.75, 3.05) is 19.8 Å². The Kier molecular flexibility index (Phi) is 33.8. The molecule has 0 aliphatic heterocycles. The van der Waals surface area contributed by atoms with Gasteiger partial charge >= 0.3 is 19.8 Å². The Labute approximate surface area is 294 Å². The van der Waals surface area contributed by atoms with Crippen LogP contribution in [0.1, 0.15) is 175 Å². The molecule has 0 spiro atoms. The predicted molar refractivity (Wildman–Crippen MR) is 198 cm³/mol. The average molecular weight is 699 g/mol. The fourth-order valence-electron chi connectivity index (χ4n) is 5.05. The lowest BCUT2D eigenvalue weighted by molar-refractivity contribution is -0.161. The first-order valence-corrected chi connectivity index (χ1v) is 20.8. The van der Waals surface area contributed by atoms with Crippen molar-refractivity contribution in [2.45, 2.75) is 181 Å². The van der Waals surface area contributed by atoms with E-state index >= 15 is 0 Å². The third-order valence-corrected chi connectivity index (χ3v) is 8.98. The van der Waals surface area contributed by atoms with Crippen LogP contribution in [0.25, 0.3) is 0 Å². The van der Waals surface area contributed by atoms with Gasteiger partial charge in [-0.3, -0.25) is 18.6 Å². The van der Waals surface area contributed by atoms with Crippen molar-refractivity contribution in [3.63, 3.8) is 0 Å². The van der Waals surface area contributed by atoms with E-state index in [4.69, 9.17) is 18.5 Å². The van der Waals surface area contributed by atoms with E-state index in [9.17, 15) is 19.0 Å². The molecular formula is C39H71O8P. The van der Waals surface area contributed by atoms with Gasteiger partial charge in [0.05, 0.1) is 13.2 Å². The molecule has 0 radical (unpaired) electrons. The normalized spacial score (nSPS) is 13.8. The van der Waals surface area contributed by atoms with E-state index in [2.05, 4.69) is 50.3 Å². The SMILES string of the molecule is CCCC/C=C\C/C=C\CCCCCCCC(=O)OC(COC(=O)CCCCCCC/C=C\CCCCCCC)COP(=O)(O)OCC. The molecule has 0 amide bonds. The standard InChI is InChI=1S/C39H71O8P/c1-4-7-9-11-13-15-17-19-21-23-25-27-29-31-33-38(40)44-35-37(36-46-48(42,43)45-6-3)47-39(41)34-32-30-28-26-24-22-20-18-16-14-12-10-8-5-2/h12,14,17-20,37H,4-11,13,15-16,21-36H2,1-3H3,(H,42,43)/b14-12-,19-17-,20-18-. The molecule has 8 nitrogen and oxygen atoms in total. The molecule has 0 aliphatic rings. The zero-order valence-corrected chi connectivity index (χ0v) is 31.8. The minimum atomic E-state index is -4.28. The van der Waals surface area contributed by atoms with E-state index in [1.807, 2.05) is 0 Å². The molecule has 0 fully saturated rings. The number of hydrogen-bond donors (Lipinski definition) is 1. The summed E-state index contributed by atoms with van der Waals surface area (Å²) in [6, 6.07) is 0. The van der Waals surface area contributed by atoms with Crippen LogP contribution in [0.3, 0.4) is 0 Å². The molecule has 0 saturated heterocycles. The van der Waals surface area contributed by atoms with E-state index in [0.29, 0.717) is 6.42 Å². The Morgan fingerprint density at radius 2 is 1.02 bits per heavy atom. The molecule has 9 heteroatoms. The number of rotatable bonds is 35. The van der Waals surface area contributed by atoms with Gasteiger partial charge in [0.2, 0.25) is 0 Å². The lowest BCUT2D eigenvalue weighted by Crippen LogP contribution is -2.29. The second kappa shape index (κ2) is 35.1. The van der Waals surface area contributed by atoms with Gasteiger partial charge in [0, 0.05) is 12.8 Å². The third kappa shape index (κ3) is 34.1. The van der Waals surface area contributed by atoms with Crippen LogP contribution in [0.15, 0.2) is 36.5 Å². The number of allylic oxidation sites excluding steroid dienone is 6. The van der Waals surface area contributed by atoms with Crippen molar-refractivity contribution >= 4 is 19.8 Å². The van der Waals surface area contributed by atoms with Gasteiger partial charge in [0.1, 0.15) is 6.61 Å². The number of carbonyl (C=O) groups excluding carboxylic acids is 2. The molecule has 2 unspecified atom stereocenters. The summed E-state index contributed by atoms with van der Waals surface area (Å²) in [5, 5.41) is 0. The highest BCUT2D eigenvalue weighted by Gasteiger charge is 2.25. The van der Waals surface area contributed by atoms with Crippen LogP contribution in [0, 0.1) is 0 Å². The van der Waals surface area contributed by atoms with Crippen LogP contribution >= 0.6 is 7.82 Å². The second-order valence-corrected chi connectivity index (χ2v) is 14.0. The average Bonchev–Trinajstić information content (AvgIpc) is 3.06. The van der Waals surface area contributed by atoms with Gasteiger partial charge in [-0.25, -0.2) is 4.57 Å². The first-order chi connectivity index (χ1) is 23.3. The van der Waals surface area contributed by atoms with Crippen molar-refractivity contribution in [3.8, 4) is 0 Å². The summed E-state index contributed by atoms with van der Waals surface area (Å²) in [6.07, 6.45) is 37.6. The van der Waals surface area contributed by atoms with Crippen LogP contribution in [0.4, 0.5) is 0 Å². The quantitative estimate of drug-likeness (QED) is 0.0301. The minimum Gasteiger partial charge on any atom is -0.462 e. The Morgan fingerprint density at radius 1 is 0.562 bits per heavy atom. The van der Waals surface area contributed by atoms with Gasteiger partial charge < -0.3 is 14.4 Å². The number of carbonyl (C=O) groups is 2. The highest BCUT2D eigenvalue weighted by molar-refractivity contribution is 7.47. The largest absolute Gasteiger partial charge is 0.472 e. The summed E-state index contributed by atoms with van der Waals surface area (Å²) in [7, 11) is -4.28. The highest BCUT2D eigenvalue weighted by atomic mass is 31.2. The van der Waals surface area contributed by atoms with Gasteiger partial charge in [-0.2, -0.15) is 0 Å². The van der Waals surface area contributed by atoms with Gasteiger partial charge in [-0.1, -0.05) is 127 Å². The van der Waals surface area contributed by atoms with E-state index in [-0.39, 0.29) is 32.0 Å². The maximum Gasteiger partial charge on any atom is 0.472 e. The lowest BCUT2D eigenvalue weighted by Gasteiger charge is -2.19. The van der Waals surface area contributed by atoms with Crippen LogP contribution in [-0.2, 0) is 32.7 Å². The number of phosphoric ester groups is 1. The molecule has 0 aromatic heterocycles. The molecule has 48 heavy (non-hydrogen) atoms. The summed E-state index contributed by atoms with van der Waals surface area (Å²) in [4.78, 5) is 34.6. The number of esters is 2. The lowest BCUT2D eigenvalue weighted by atomic mass is 10.1. The van der Waals surface area contributed by atoms with Gasteiger partial charge in [-0.05, 0) is 71.1 Å². The molecule has 1 N–H and O–H groups in total. The predicted octanol–water partition coefficient (Wildman–Crippen LogP) is 11.7. The fourth-order valence-corrected chi connectivity index (χ4v) is 5.81. The molecule has 0 aliphatic carbocycles. The summed E-state index contributed by atoms with van der Waals surface area (Å²) >= 11 is 0. The molecule has 0 aromatic carbocycles. The molecule has 0 rings (SSSR count). The van der Waals surface area contributed by atoms with Crippen LogP contribution in [-0.4, -0.2) is 42.8 Å². The van der Waals surface area contributed by atoms with Gasteiger partial charge in [0.15, 0.2) is 6.10 Å². The van der Waals surface area contributed by atoms with E-state index in [0.717, 1.165) is 83.5 Å². The summed E-state index contributed by atoms with van der Waals surface area (Å²) in [5.74, 6) is -0.825. The zero-order valence-electron chi connectivity index (χ0n) is 30.9. The zero-order chi connectivity index (χ0) is 35.4. The molecule has 0 saturated carbocycles. The van der Waals surface area contributed by atoms with Crippen LogP contribution in [0.5, 0.6) is 0 Å². The molecule has 0 heterocycles. The topological polar surface area (TPSA) is 108 Å². The van der Waals surface area contributed by atoms with Crippen molar-refractivity contribution in [3.05, 3.63) is 36.5 Å². The van der Waals surface area contributed by atoms with Crippen molar-refractivity contribution in [1.29, 1.82) is 0 Å². The maximum atomic E-state index is 12.5. The summed E-state index contributed by atoms with van der Waals surface area (Å²) < 4.78 is 32.5. The van der Waals surface area contributed by atoms with E-state index in [1.165, 1.54) is 51.4 Å². The maximum absolute atomic E-state index is 12.5. The highest BCUT2D eigenvalue weighted by Crippen LogP contribution is 2.43. The first-order valence-electron chi connectivity index (χ1n) is 19.3. The Hall–Kier alpha value is -1.73. The molecule has 0 aromatic rings. The Balaban J connectivity index is 4.19. The van der Waals surface area contributed by atoms with Crippen molar-refractivity contribution < 1.29 is 37.6 Å². The summed E-state index contributed by atoms with van der Waals surface area (Å²) in [5.41, 5.74) is 0. The van der Waals surface area contributed by atoms with E-state index < -0.39 is 26.5 Å². The van der Waals surface area contributed by atoms with Crippen molar-refractivity contribution in [2.24, 2.45) is 0 Å². The minimum absolute atomic E-state index is 0.00410. The molecular weight excluding hydrogens is 627 g/mol. The number of phosphoric acid groups is 1. The number of hydrogen-bond acceptors (Lipinski definition) is 7. The Bertz CT molecular complexity index is 885. The second-order valence-electron chi connectivity index (χ2n) is 12.6. The monoisotopic (exact) mass is 698 g/mol. The summed E-state index contributed by atoms with van der Waals surface area (Å²) in [6.45, 7) is 5.38. The fraction of sp³-hybridized carbons (Fsp3) is 0.795. The van der Waals surface area contributed by atoms with Crippen LogP contribution in [0.2, 0.25) is 0 Å². The number of unbranched alkanes of at least 4 members (excludes halogenated alkanes) is 17. The van der Waals surface area contributed by atoms with Crippen LogP contribution < -0.4 is 0 Å². The number of ether oxygens (including phenoxy) is 2. The van der Waals surface area contributed by atoms with Crippen molar-refractivity contribution in [1.82, 2.24) is 0 Å². The molecule has 0 bridgehead atoms. The van der Waals surface area contributed by atoms with Gasteiger partial charge in [0.25, 0.3) is 0 Å². The van der Waals surface area contributed by atoms with E-state index in [1.54, 1.807) is 6.92 Å². The smallest absolute Gasteiger partial charge is 0.462 e. The Morgan fingerprint density at radius 3 is 1.56 bits per heavy atom.